The van der Waals surface area contributed by atoms with Crippen molar-refractivity contribution in [2.24, 2.45) is 0 Å². The Kier molecular flexibility index (Phi) is 9.40. The highest BCUT2D eigenvalue weighted by Crippen LogP contribution is 2.24. The van der Waals surface area contributed by atoms with Crippen LogP contribution in [0, 0.1) is 0 Å². The number of aromatic nitrogens is 2. The second-order valence-corrected chi connectivity index (χ2v) is 6.91. The van der Waals surface area contributed by atoms with E-state index in [-0.39, 0.29) is 24.6 Å². The number of ether oxygens (including phenoxy) is 3. The Bertz CT molecular complexity index is 845. The minimum Gasteiger partial charge on any atom is -0.497 e. The second kappa shape index (κ2) is 12.0. The van der Waals surface area contributed by atoms with E-state index in [4.69, 9.17) is 14.2 Å². The van der Waals surface area contributed by atoms with Crippen molar-refractivity contribution in [1.82, 2.24) is 9.97 Å². The van der Waals surface area contributed by atoms with Crippen molar-refractivity contribution in [3.8, 4) is 5.75 Å². The summed E-state index contributed by atoms with van der Waals surface area (Å²) in [5.74, 6) is 0.355. The van der Waals surface area contributed by atoms with Gasteiger partial charge in [0.2, 0.25) is 0 Å². The third-order valence-electron chi connectivity index (χ3n) is 4.15. The van der Waals surface area contributed by atoms with Gasteiger partial charge in [0, 0.05) is 19.3 Å². The molecule has 9 heteroatoms. The number of benzene rings is 1. The molecule has 0 saturated carbocycles. The van der Waals surface area contributed by atoms with Gasteiger partial charge in [-0.3, -0.25) is 4.79 Å². The number of thioether (sulfide) groups is 1. The molecule has 1 heterocycles. The molecule has 0 fully saturated rings. The molecule has 0 spiro atoms. The van der Waals surface area contributed by atoms with Crippen molar-refractivity contribution in [2.45, 2.75) is 32.0 Å². The van der Waals surface area contributed by atoms with Gasteiger partial charge in [-0.15, -0.1) is 0 Å². The Morgan fingerprint density at radius 1 is 1.10 bits per heavy atom. The Labute approximate surface area is 180 Å². The standard InChI is InChI=1S/C21H27N3O5S/c1-5-28-18(25)11-12-24(14-15-7-9-16(27-3)10-8-15)19-17(20(26)29-6-2)13-22-21(23-19)30-4/h7-10,13H,5-6,11-12,14H2,1-4H3. The van der Waals surface area contributed by atoms with Crippen LogP contribution in [0.15, 0.2) is 35.6 Å². The lowest BCUT2D eigenvalue weighted by atomic mass is 10.2. The van der Waals surface area contributed by atoms with Crippen LogP contribution in [0.2, 0.25) is 0 Å². The quantitative estimate of drug-likeness (QED) is 0.300. The maximum Gasteiger partial charge on any atom is 0.343 e. The monoisotopic (exact) mass is 433 g/mol. The number of hydrogen-bond donors (Lipinski definition) is 0. The van der Waals surface area contributed by atoms with Crippen molar-refractivity contribution in [3.63, 3.8) is 0 Å². The van der Waals surface area contributed by atoms with E-state index in [1.165, 1.54) is 18.0 Å². The Hall–Kier alpha value is -2.81. The highest BCUT2D eigenvalue weighted by Gasteiger charge is 2.22. The van der Waals surface area contributed by atoms with Crippen LogP contribution in [0.5, 0.6) is 5.75 Å². The number of rotatable bonds is 11. The van der Waals surface area contributed by atoms with Gasteiger partial charge in [-0.2, -0.15) is 0 Å². The first-order valence-electron chi connectivity index (χ1n) is 9.64. The van der Waals surface area contributed by atoms with E-state index in [1.54, 1.807) is 21.0 Å². The van der Waals surface area contributed by atoms with Gasteiger partial charge in [-0.05, 0) is 37.8 Å². The van der Waals surface area contributed by atoms with E-state index in [0.29, 0.717) is 30.7 Å². The van der Waals surface area contributed by atoms with Gasteiger partial charge in [0.05, 0.1) is 26.7 Å². The molecule has 162 valence electrons. The maximum absolute atomic E-state index is 12.5. The highest BCUT2D eigenvalue weighted by molar-refractivity contribution is 7.98. The lowest BCUT2D eigenvalue weighted by molar-refractivity contribution is -0.142. The topological polar surface area (TPSA) is 90.9 Å². The predicted octanol–water partition coefficient (Wildman–Crippen LogP) is 3.34. The molecule has 0 saturated heterocycles. The van der Waals surface area contributed by atoms with Crippen LogP contribution in [0.4, 0.5) is 5.82 Å². The van der Waals surface area contributed by atoms with Crippen molar-refractivity contribution in [3.05, 3.63) is 41.6 Å². The van der Waals surface area contributed by atoms with E-state index in [2.05, 4.69) is 9.97 Å². The van der Waals surface area contributed by atoms with Crippen molar-refractivity contribution >= 4 is 29.5 Å². The number of carbonyl (C=O) groups excluding carboxylic acids is 2. The zero-order valence-electron chi connectivity index (χ0n) is 17.7. The summed E-state index contributed by atoms with van der Waals surface area (Å²) in [5.41, 5.74) is 1.23. The van der Waals surface area contributed by atoms with E-state index < -0.39 is 5.97 Å². The van der Waals surface area contributed by atoms with Gasteiger partial charge in [0.25, 0.3) is 0 Å². The Balaban J connectivity index is 2.40. The number of nitrogens with zero attached hydrogens (tertiary/aromatic N) is 3. The normalized spacial score (nSPS) is 10.4. The van der Waals surface area contributed by atoms with E-state index in [1.807, 2.05) is 35.4 Å². The van der Waals surface area contributed by atoms with Gasteiger partial charge in [-0.1, -0.05) is 23.9 Å². The molecule has 0 unspecified atom stereocenters. The minimum absolute atomic E-state index is 0.158. The SMILES string of the molecule is CCOC(=O)CCN(Cc1ccc(OC)cc1)c1nc(SC)ncc1C(=O)OCC. The zero-order chi connectivity index (χ0) is 21.9. The summed E-state index contributed by atoms with van der Waals surface area (Å²) in [7, 11) is 1.61. The van der Waals surface area contributed by atoms with Gasteiger partial charge < -0.3 is 19.1 Å². The molecular weight excluding hydrogens is 406 g/mol. The molecule has 0 aliphatic rings. The molecule has 0 aliphatic heterocycles. The molecule has 2 aromatic rings. The lowest BCUT2D eigenvalue weighted by Gasteiger charge is -2.25. The van der Waals surface area contributed by atoms with Crippen LogP contribution < -0.4 is 9.64 Å². The molecule has 1 aromatic carbocycles. The Morgan fingerprint density at radius 2 is 1.80 bits per heavy atom. The number of hydrogen-bond acceptors (Lipinski definition) is 9. The van der Waals surface area contributed by atoms with Crippen molar-refractivity contribution in [1.29, 1.82) is 0 Å². The lowest BCUT2D eigenvalue weighted by Crippen LogP contribution is -2.29. The van der Waals surface area contributed by atoms with E-state index in [0.717, 1.165) is 11.3 Å². The fraction of sp³-hybridized carbons (Fsp3) is 0.429. The molecule has 8 nitrogen and oxygen atoms in total. The molecular formula is C21H27N3O5S. The number of methoxy groups -OCH3 is 1. The van der Waals surface area contributed by atoms with Gasteiger partial charge in [0.1, 0.15) is 17.1 Å². The Morgan fingerprint density at radius 3 is 2.40 bits per heavy atom. The molecule has 0 N–H and O–H groups in total. The van der Waals surface area contributed by atoms with Crippen LogP contribution >= 0.6 is 11.8 Å². The summed E-state index contributed by atoms with van der Waals surface area (Å²) in [6.07, 6.45) is 3.48. The molecule has 30 heavy (non-hydrogen) atoms. The molecule has 0 aliphatic carbocycles. The molecule has 2 rings (SSSR count). The summed E-state index contributed by atoms with van der Waals surface area (Å²) in [6, 6.07) is 7.57. The number of carbonyl (C=O) groups is 2. The minimum atomic E-state index is -0.504. The van der Waals surface area contributed by atoms with Gasteiger partial charge in [0.15, 0.2) is 5.16 Å². The van der Waals surface area contributed by atoms with E-state index >= 15 is 0 Å². The fourth-order valence-electron chi connectivity index (χ4n) is 2.72. The predicted molar refractivity (Wildman–Crippen MR) is 115 cm³/mol. The van der Waals surface area contributed by atoms with Gasteiger partial charge >= 0.3 is 11.9 Å². The smallest absolute Gasteiger partial charge is 0.343 e. The molecule has 1 aromatic heterocycles. The molecule has 0 radical (unpaired) electrons. The average Bonchev–Trinajstić information content (AvgIpc) is 2.77. The first-order valence-corrected chi connectivity index (χ1v) is 10.9. The summed E-state index contributed by atoms with van der Waals surface area (Å²) in [5, 5.41) is 0.522. The van der Waals surface area contributed by atoms with Crippen LogP contribution in [0.25, 0.3) is 0 Å². The van der Waals surface area contributed by atoms with E-state index in [9.17, 15) is 9.59 Å². The van der Waals surface area contributed by atoms with Crippen molar-refractivity contribution in [2.75, 3.05) is 38.0 Å². The van der Waals surface area contributed by atoms with Crippen LogP contribution in [-0.2, 0) is 20.8 Å². The third-order valence-corrected chi connectivity index (χ3v) is 4.71. The molecule has 0 atom stereocenters. The van der Waals surface area contributed by atoms with Gasteiger partial charge in [-0.25, -0.2) is 14.8 Å². The second-order valence-electron chi connectivity index (χ2n) is 6.14. The summed E-state index contributed by atoms with van der Waals surface area (Å²) in [4.78, 5) is 35.1. The fourth-order valence-corrected chi connectivity index (χ4v) is 3.06. The van der Waals surface area contributed by atoms with Crippen LogP contribution in [-0.4, -0.2) is 55.0 Å². The summed E-state index contributed by atoms with van der Waals surface area (Å²) < 4.78 is 15.4. The van der Waals surface area contributed by atoms with Crippen LogP contribution in [0.1, 0.15) is 36.2 Å². The number of anilines is 1. The largest absolute Gasteiger partial charge is 0.497 e. The summed E-state index contributed by atoms with van der Waals surface area (Å²) >= 11 is 1.37. The molecule has 0 amide bonds. The maximum atomic E-state index is 12.5. The third kappa shape index (κ3) is 6.62. The average molecular weight is 434 g/mol. The number of esters is 2. The van der Waals surface area contributed by atoms with Crippen LogP contribution in [0.3, 0.4) is 0 Å². The van der Waals surface area contributed by atoms with Crippen molar-refractivity contribution < 1.29 is 23.8 Å². The zero-order valence-corrected chi connectivity index (χ0v) is 18.5. The summed E-state index contributed by atoms with van der Waals surface area (Å²) in [6.45, 7) is 4.81. The first kappa shape index (κ1) is 23.5. The highest BCUT2D eigenvalue weighted by atomic mass is 32.2. The first-order chi connectivity index (χ1) is 14.5. The molecule has 0 bridgehead atoms.